The summed E-state index contributed by atoms with van der Waals surface area (Å²) in [7, 11) is 1.65. The second kappa shape index (κ2) is 11.3. The van der Waals surface area contributed by atoms with Crippen molar-refractivity contribution >= 4 is 51.3 Å². The normalized spacial score (nSPS) is 11.3. The monoisotopic (exact) mass is 506 g/mol. The topological polar surface area (TPSA) is 65.0 Å². The van der Waals surface area contributed by atoms with Crippen molar-refractivity contribution < 1.29 is 24.1 Å². The van der Waals surface area contributed by atoms with Crippen LogP contribution in [0.3, 0.4) is 0 Å². The number of carboxylic acid groups (broad SMARTS) is 1. The number of ether oxygens (including phenoxy) is 3. The predicted molar refractivity (Wildman–Crippen MR) is 134 cm³/mol. The molecule has 9 heteroatoms. The maximum Gasteiger partial charge on any atom is 0.345 e. The van der Waals surface area contributed by atoms with E-state index in [1.807, 2.05) is 6.07 Å². The SMILES string of the molecule is COCCOCOCCc1ccc(-c2ccc(-c3ccc(-c4ccc(C(=O)O)s4)s3)s2)s1. The van der Waals surface area contributed by atoms with Gasteiger partial charge in [-0.3, -0.25) is 0 Å². The van der Waals surface area contributed by atoms with Crippen LogP contribution in [-0.4, -0.2) is 44.8 Å². The van der Waals surface area contributed by atoms with Gasteiger partial charge < -0.3 is 19.3 Å². The fourth-order valence-electron chi connectivity index (χ4n) is 2.93. The summed E-state index contributed by atoms with van der Waals surface area (Å²) in [6, 6.07) is 16.4. The first kappa shape index (κ1) is 23.3. The molecular formula is C23H22O5S4. The van der Waals surface area contributed by atoms with Crippen molar-refractivity contribution in [3.05, 3.63) is 58.3 Å². The van der Waals surface area contributed by atoms with Crippen molar-refractivity contribution in [3.8, 4) is 29.3 Å². The average Bonchev–Trinajstić information content (AvgIpc) is 3.58. The Kier molecular flexibility index (Phi) is 8.26. The summed E-state index contributed by atoms with van der Waals surface area (Å²) in [5, 5.41) is 9.14. The Balaban J connectivity index is 1.34. The lowest BCUT2D eigenvalue weighted by Gasteiger charge is -2.04. The van der Waals surface area contributed by atoms with Gasteiger partial charge in [-0.1, -0.05) is 0 Å². The third-order valence-electron chi connectivity index (χ3n) is 4.51. The molecular weight excluding hydrogens is 485 g/mol. The van der Waals surface area contributed by atoms with E-state index in [0.717, 1.165) is 16.2 Å². The smallest absolute Gasteiger partial charge is 0.345 e. The molecule has 5 nitrogen and oxygen atoms in total. The predicted octanol–water partition coefficient (Wildman–Crippen LogP) is 6.81. The van der Waals surface area contributed by atoms with Crippen LogP contribution in [0.25, 0.3) is 29.3 Å². The molecule has 0 amide bonds. The molecule has 4 heterocycles. The van der Waals surface area contributed by atoms with Crippen molar-refractivity contribution in [1.29, 1.82) is 0 Å². The van der Waals surface area contributed by atoms with Crippen LogP contribution in [0.2, 0.25) is 0 Å². The van der Waals surface area contributed by atoms with Gasteiger partial charge >= 0.3 is 5.97 Å². The van der Waals surface area contributed by atoms with Crippen molar-refractivity contribution in [1.82, 2.24) is 0 Å². The molecule has 4 rings (SSSR count). The average molecular weight is 507 g/mol. The summed E-state index contributed by atoms with van der Waals surface area (Å²) < 4.78 is 15.7. The molecule has 0 saturated heterocycles. The van der Waals surface area contributed by atoms with E-state index >= 15 is 0 Å². The van der Waals surface area contributed by atoms with Crippen LogP contribution >= 0.6 is 45.3 Å². The summed E-state index contributed by atoms with van der Waals surface area (Å²) in [4.78, 5) is 19.8. The van der Waals surface area contributed by atoms with Gasteiger partial charge in [0.2, 0.25) is 0 Å². The molecule has 0 aliphatic rings. The van der Waals surface area contributed by atoms with Crippen LogP contribution in [0.5, 0.6) is 0 Å². The van der Waals surface area contributed by atoms with E-state index in [2.05, 4.69) is 36.4 Å². The fourth-order valence-corrected chi connectivity index (χ4v) is 7.04. The first-order valence-corrected chi connectivity index (χ1v) is 13.2. The summed E-state index contributed by atoms with van der Waals surface area (Å²) in [6.07, 6.45) is 0.865. The molecule has 32 heavy (non-hydrogen) atoms. The number of rotatable bonds is 12. The molecule has 0 bridgehead atoms. The zero-order chi connectivity index (χ0) is 22.3. The van der Waals surface area contributed by atoms with E-state index < -0.39 is 5.97 Å². The Bertz CT molecular complexity index is 1150. The van der Waals surface area contributed by atoms with Crippen LogP contribution in [0.1, 0.15) is 14.5 Å². The third-order valence-corrected chi connectivity index (χ3v) is 9.49. The molecule has 4 aromatic heterocycles. The molecule has 168 valence electrons. The Morgan fingerprint density at radius 1 is 0.719 bits per heavy atom. The summed E-state index contributed by atoms with van der Waals surface area (Å²) in [5.41, 5.74) is 0. The highest BCUT2D eigenvalue weighted by atomic mass is 32.1. The molecule has 0 spiro atoms. The van der Waals surface area contributed by atoms with Gasteiger partial charge in [0.25, 0.3) is 0 Å². The fraction of sp³-hybridized carbons (Fsp3) is 0.261. The van der Waals surface area contributed by atoms with E-state index in [4.69, 9.17) is 19.3 Å². The molecule has 0 aliphatic heterocycles. The number of methoxy groups -OCH3 is 1. The molecule has 0 aromatic carbocycles. The largest absolute Gasteiger partial charge is 0.477 e. The van der Waals surface area contributed by atoms with Crippen LogP contribution in [-0.2, 0) is 20.6 Å². The number of thiophene rings is 4. The van der Waals surface area contributed by atoms with E-state index in [1.165, 1.54) is 35.7 Å². The first-order valence-electron chi connectivity index (χ1n) is 9.91. The number of hydrogen-bond acceptors (Lipinski definition) is 8. The minimum absolute atomic E-state index is 0.293. The van der Waals surface area contributed by atoms with Crippen molar-refractivity contribution in [2.75, 3.05) is 33.7 Å². The molecule has 0 fully saturated rings. The summed E-state index contributed by atoms with van der Waals surface area (Å²) in [5.74, 6) is -0.877. The van der Waals surface area contributed by atoms with Crippen molar-refractivity contribution in [2.45, 2.75) is 6.42 Å². The van der Waals surface area contributed by atoms with Gasteiger partial charge in [0.05, 0.1) is 19.8 Å². The first-order chi connectivity index (χ1) is 15.6. The van der Waals surface area contributed by atoms with Gasteiger partial charge in [0.15, 0.2) is 0 Å². The van der Waals surface area contributed by atoms with Crippen LogP contribution in [0.15, 0.2) is 48.5 Å². The highest BCUT2D eigenvalue weighted by Gasteiger charge is 2.13. The highest BCUT2D eigenvalue weighted by Crippen LogP contribution is 2.42. The zero-order valence-corrected chi connectivity index (χ0v) is 20.6. The van der Waals surface area contributed by atoms with Crippen LogP contribution in [0.4, 0.5) is 0 Å². The number of hydrogen-bond donors (Lipinski definition) is 1. The summed E-state index contributed by atoms with van der Waals surface area (Å²) in [6.45, 7) is 2.05. The quantitative estimate of drug-likeness (QED) is 0.169. The highest BCUT2D eigenvalue weighted by molar-refractivity contribution is 7.28. The van der Waals surface area contributed by atoms with Gasteiger partial charge in [0.1, 0.15) is 11.7 Å². The Labute approximate surface area is 202 Å². The van der Waals surface area contributed by atoms with Gasteiger partial charge in [0, 0.05) is 47.7 Å². The van der Waals surface area contributed by atoms with Crippen molar-refractivity contribution in [3.63, 3.8) is 0 Å². The maximum atomic E-state index is 11.1. The summed E-state index contributed by atoms with van der Waals surface area (Å²) >= 11 is 6.58. The Morgan fingerprint density at radius 2 is 1.25 bits per heavy atom. The second-order valence-electron chi connectivity index (χ2n) is 6.74. The van der Waals surface area contributed by atoms with Crippen LogP contribution < -0.4 is 0 Å². The van der Waals surface area contributed by atoms with Gasteiger partial charge in [-0.2, -0.15) is 0 Å². The molecule has 0 aliphatic carbocycles. The molecule has 4 aromatic rings. The van der Waals surface area contributed by atoms with E-state index in [0.29, 0.717) is 31.5 Å². The number of carbonyl (C=O) groups is 1. The molecule has 0 saturated carbocycles. The zero-order valence-electron chi connectivity index (χ0n) is 17.4. The maximum absolute atomic E-state index is 11.1. The Morgan fingerprint density at radius 3 is 1.84 bits per heavy atom. The van der Waals surface area contributed by atoms with E-state index in [9.17, 15) is 4.79 Å². The number of carboxylic acids is 1. The molecule has 0 unspecified atom stereocenters. The van der Waals surface area contributed by atoms with Gasteiger partial charge in [-0.15, -0.1) is 45.3 Å². The lowest BCUT2D eigenvalue weighted by molar-refractivity contribution is -0.0646. The van der Waals surface area contributed by atoms with Gasteiger partial charge in [-0.05, 0) is 48.5 Å². The minimum atomic E-state index is -0.877. The minimum Gasteiger partial charge on any atom is -0.477 e. The van der Waals surface area contributed by atoms with Gasteiger partial charge in [-0.25, -0.2) is 4.79 Å². The molecule has 0 radical (unpaired) electrons. The van der Waals surface area contributed by atoms with Crippen LogP contribution in [0, 0.1) is 0 Å². The standard InChI is InChI=1S/C23H22O5S4/c1-26-12-13-28-14-27-11-10-15-2-3-16(29-15)17-4-5-18(30-17)19-6-7-20(31-19)21-8-9-22(32-21)23(24)25/h2-9H,10-14H2,1H3,(H,24,25). The number of aromatic carboxylic acids is 1. The van der Waals surface area contributed by atoms with Crippen molar-refractivity contribution in [2.24, 2.45) is 0 Å². The molecule has 0 atom stereocenters. The van der Waals surface area contributed by atoms with E-state index in [-0.39, 0.29) is 0 Å². The lowest BCUT2D eigenvalue weighted by Crippen LogP contribution is -2.07. The Hall–Kier alpha value is -1.85. The van der Waals surface area contributed by atoms with E-state index in [1.54, 1.807) is 47.2 Å². The third kappa shape index (κ3) is 5.93. The molecule has 1 N–H and O–H groups in total. The second-order valence-corrected chi connectivity index (χ2v) is 11.2. The lowest BCUT2D eigenvalue weighted by atomic mass is 10.3.